The van der Waals surface area contributed by atoms with Crippen LogP contribution in [-0.2, 0) is 31.3 Å². The van der Waals surface area contributed by atoms with Crippen LogP contribution in [0.25, 0.3) is 0 Å². The zero-order valence-corrected chi connectivity index (χ0v) is 15.7. The summed E-state index contributed by atoms with van der Waals surface area (Å²) in [5.74, 6) is 1.25. The second kappa shape index (κ2) is 8.72. The molecule has 152 valence electrons. The van der Waals surface area contributed by atoms with Gasteiger partial charge < -0.3 is 9.57 Å². The molecule has 3 rings (SSSR count). The first-order valence-corrected chi connectivity index (χ1v) is 8.60. The Morgan fingerprint density at radius 2 is 1.72 bits per heavy atom. The second-order valence-electron chi connectivity index (χ2n) is 6.18. The Morgan fingerprint density at radius 1 is 1.03 bits per heavy atom. The Bertz CT molecular complexity index is 967. The van der Waals surface area contributed by atoms with Crippen LogP contribution in [0, 0.1) is 0 Å². The Morgan fingerprint density at radius 3 is 2.31 bits per heavy atom. The van der Waals surface area contributed by atoms with Crippen LogP contribution in [0.2, 0.25) is 0 Å². The first-order chi connectivity index (χ1) is 13.8. The summed E-state index contributed by atoms with van der Waals surface area (Å²) < 4.78 is 44.8. The first kappa shape index (κ1) is 20.3. The van der Waals surface area contributed by atoms with Crippen LogP contribution in [-0.4, -0.2) is 25.9 Å². The molecule has 0 aliphatic carbocycles. The molecule has 0 unspecified atom stereocenters. The van der Waals surface area contributed by atoms with Gasteiger partial charge in [0.2, 0.25) is 0 Å². The lowest BCUT2D eigenvalue weighted by atomic mass is 10.1. The van der Waals surface area contributed by atoms with Crippen LogP contribution < -0.4 is 4.74 Å². The summed E-state index contributed by atoms with van der Waals surface area (Å²) in [7, 11) is 1.73. The van der Waals surface area contributed by atoms with Crippen LogP contribution in [0.4, 0.5) is 13.2 Å². The van der Waals surface area contributed by atoms with Crippen molar-refractivity contribution in [3.05, 3.63) is 71.0 Å². The normalized spacial score (nSPS) is 12.1. The van der Waals surface area contributed by atoms with Gasteiger partial charge >= 0.3 is 6.18 Å². The van der Waals surface area contributed by atoms with Crippen molar-refractivity contribution < 1.29 is 22.7 Å². The molecule has 0 saturated heterocycles. The van der Waals surface area contributed by atoms with E-state index in [-0.39, 0.29) is 13.2 Å². The maximum Gasteiger partial charge on any atom is 0.416 e. The predicted octanol–water partition coefficient (Wildman–Crippen LogP) is 3.75. The maximum atomic E-state index is 12.6. The van der Waals surface area contributed by atoms with E-state index < -0.39 is 11.7 Å². The highest BCUT2D eigenvalue weighted by atomic mass is 19.4. The molecule has 0 fully saturated rings. The molecule has 0 aliphatic heterocycles. The van der Waals surface area contributed by atoms with E-state index in [4.69, 9.17) is 9.57 Å². The van der Waals surface area contributed by atoms with E-state index >= 15 is 0 Å². The minimum Gasteiger partial charge on any atom is -0.486 e. The number of halogens is 3. The van der Waals surface area contributed by atoms with Gasteiger partial charge in [0.05, 0.1) is 11.3 Å². The van der Waals surface area contributed by atoms with E-state index in [1.807, 2.05) is 12.1 Å². The van der Waals surface area contributed by atoms with Gasteiger partial charge in [0, 0.05) is 7.05 Å². The lowest BCUT2D eigenvalue weighted by Gasteiger charge is -2.08. The lowest BCUT2D eigenvalue weighted by molar-refractivity contribution is -0.137. The number of benzene rings is 2. The number of hydrogen-bond acceptors (Lipinski definition) is 6. The number of aryl methyl sites for hydroxylation is 1. The third kappa shape index (κ3) is 5.53. The van der Waals surface area contributed by atoms with Crippen molar-refractivity contribution in [2.45, 2.75) is 26.3 Å². The lowest BCUT2D eigenvalue weighted by Crippen LogP contribution is -2.05. The smallest absolute Gasteiger partial charge is 0.416 e. The molecule has 29 heavy (non-hydrogen) atoms. The van der Waals surface area contributed by atoms with Crippen molar-refractivity contribution in [3.63, 3.8) is 0 Å². The molecule has 0 aliphatic rings. The molecule has 1 heterocycles. The van der Waals surface area contributed by atoms with E-state index in [1.54, 1.807) is 26.1 Å². The van der Waals surface area contributed by atoms with E-state index in [0.29, 0.717) is 22.8 Å². The minimum atomic E-state index is -4.35. The van der Waals surface area contributed by atoms with E-state index in [2.05, 4.69) is 20.7 Å². The SMILES string of the molecule is C/C(=N\OCc1ccc(C(F)(F)F)cc1)c1ccc(OCc2nnnn2C)cc1. The number of aromatic nitrogens is 4. The van der Waals surface area contributed by atoms with Crippen molar-refractivity contribution in [1.82, 2.24) is 20.2 Å². The molecular weight excluding hydrogens is 387 g/mol. The topological polar surface area (TPSA) is 74.4 Å². The third-order valence-corrected chi connectivity index (χ3v) is 4.06. The summed E-state index contributed by atoms with van der Waals surface area (Å²) in [6.07, 6.45) is -4.35. The van der Waals surface area contributed by atoms with Crippen LogP contribution in [0.5, 0.6) is 5.75 Å². The van der Waals surface area contributed by atoms with Crippen LogP contribution in [0.1, 0.15) is 29.4 Å². The molecule has 0 bridgehead atoms. The second-order valence-corrected chi connectivity index (χ2v) is 6.18. The van der Waals surface area contributed by atoms with Gasteiger partial charge in [-0.2, -0.15) is 13.2 Å². The Hall–Kier alpha value is -3.43. The Balaban J connectivity index is 1.52. The number of oxime groups is 1. The quantitative estimate of drug-likeness (QED) is 0.442. The zero-order valence-electron chi connectivity index (χ0n) is 15.7. The molecule has 0 amide bonds. The van der Waals surface area contributed by atoms with Gasteiger partial charge in [0.25, 0.3) is 0 Å². The number of tetrazole rings is 1. The van der Waals surface area contributed by atoms with Gasteiger partial charge in [-0.3, -0.25) is 0 Å². The molecule has 0 saturated carbocycles. The summed E-state index contributed by atoms with van der Waals surface area (Å²) in [6.45, 7) is 2.09. The van der Waals surface area contributed by atoms with Gasteiger partial charge in [-0.1, -0.05) is 17.3 Å². The summed E-state index contributed by atoms with van der Waals surface area (Å²) in [5, 5.41) is 15.1. The molecule has 0 spiro atoms. The minimum absolute atomic E-state index is 0.0718. The predicted molar refractivity (Wildman–Crippen MR) is 98.0 cm³/mol. The highest BCUT2D eigenvalue weighted by Crippen LogP contribution is 2.29. The average molecular weight is 405 g/mol. The number of hydrogen-bond donors (Lipinski definition) is 0. The number of rotatable bonds is 7. The zero-order chi connectivity index (χ0) is 20.9. The molecular formula is C19H18F3N5O2. The number of ether oxygens (including phenoxy) is 1. The summed E-state index contributed by atoms with van der Waals surface area (Å²) in [6, 6.07) is 12.0. The van der Waals surface area contributed by atoms with Crippen molar-refractivity contribution in [1.29, 1.82) is 0 Å². The van der Waals surface area contributed by atoms with Gasteiger partial charge in [-0.25, -0.2) is 4.68 Å². The summed E-state index contributed by atoms with van der Waals surface area (Å²) >= 11 is 0. The molecule has 10 heteroatoms. The van der Waals surface area contributed by atoms with Crippen molar-refractivity contribution in [2.75, 3.05) is 0 Å². The molecule has 2 aromatic carbocycles. The van der Waals surface area contributed by atoms with Crippen LogP contribution >= 0.6 is 0 Å². The van der Waals surface area contributed by atoms with Crippen molar-refractivity contribution in [3.8, 4) is 5.75 Å². The van der Waals surface area contributed by atoms with E-state index in [0.717, 1.165) is 17.7 Å². The summed E-state index contributed by atoms with van der Waals surface area (Å²) in [5.41, 5.74) is 1.35. The molecule has 0 radical (unpaired) electrons. The fourth-order valence-electron chi connectivity index (χ4n) is 2.36. The van der Waals surface area contributed by atoms with Gasteiger partial charge in [0.1, 0.15) is 19.0 Å². The van der Waals surface area contributed by atoms with Crippen LogP contribution in [0.15, 0.2) is 53.7 Å². The Kier molecular flexibility index (Phi) is 6.10. The molecule has 3 aromatic rings. The highest BCUT2D eigenvalue weighted by Gasteiger charge is 2.29. The van der Waals surface area contributed by atoms with Crippen molar-refractivity contribution >= 4 is 5.71 Å². The van der Waals surface area contributed by atoms with Gasteiger partial charge in [-0.05, 0) is 64.9 Å². The van der Waals surface area contributed by atoms with Crippen LogP contribution in [0.3, 0.4) is 0 Å². The van der Waals surface area contributed by atoms with Gasteiger partial charge in [-0.15, -0.1) is 5.10 Å². The standard InChI is InChI=1S/C19H18F3N5O2/c1-13(24-29-11-14-3-7-16(8-4-14)19(20,21)22)15-5-9-17(10-6-15)28-12-18-23-25-26-27(18)2/h3-10H,11-12H2,1-2H3/b24-13+. The molecule has 0 N–H and O–H groups in total. The fourth-order valence-corrected chi connectivity index (χ4v) is 2.36. The molecule has 7 nitrogen and oxygen atoms in total. The first-order valence-electron chi connectivity index (χ1n) is 8.60. The Labute approximate surface area is 164 Å². The van der Waals surface area contributed by atoms with E-state index in [9.17, 15) is 13.2 Å². The van der Waals surface area contributed by atoms with Crippen molar-refractivity contribution in [2.24, 2.45) is 12.2 Å². The molecule has 0 atom stereocenters. The maximum absolute atomic E-state index is 12.6. The average Bonchev–Trinajstić information content (AvgIpc) is 3.11. The van der Waals surface area contributed by atoms with Gasteiger partial charge in [0.15, 0.2) is 5.82 Å². The number of alkyl halides is 3. The fraction of sp³-hybridized carbons (Fsp3) is 0.263. The van der Waals surface area contributed by atoms with E-state index in [1.165, 1.54) is 16.8 Å². The highest BCUT2D eigenvalue weighted by molar-refractivity contribution is 5.98. The largest absolute Gasteiger partial charge is 0.486 e. The third-order valence-electron chi connectivity index (χ3n) is 4.06. The number of nitrogens with zero attached hydrogens (tertiary/aromatic N) is 5. The summed E-state index contributed by atoms with van der Waals surface area (Å²) in [4.78, 5) is 5.25. The monoisotopic (exact) mass is 405 g/mol. The molecule has 1 aromatic heterocycles.